The molecule has 1 aliphatic rings. The molecular formula is C18H31NO. The van der Waals surface area contributed by atoms with Crippen LogP contribution in [0.4, 0.5) is 0 Å². The van der Waals surface area contributed by atoms with Crippen molar-refractivity contribution in [2.24, 2.45) is 0 Å². The van der Waals surface area contributed by atoms with Crippen molar-refractivity contribution in [2.45, 2.75) is 71.1 Å². The van der Waals surface area contributed by atoms with Crippen LogP contribution in [0.2, 0.25) is 0 Å². The van der Waals surface area contributed by atoms with Crippen molar-refractivity contribution in [1.82, 2.24) is 4.90 Å². The van der Waals surface area contributed by atoms with Crippen molar-refractivity contribution >= 4 is 5.91 Å². The van der Waals surface area contributed by atoms with Crippen molar-refractivity contribution in [2.75, 3.05) is 14.1 Å². The molecule has 0 spiro atoms. The van der Waals surface area contributed by atoms with Gasteiger partial charge in [0.1, 0.15) is 0 Å². The van der Waals surface area contributed by atoms with Gasteiger partial charge >= 0.3 is 0 Å². The first-order valence-corrected chi connectivity index (χ1v) is 8.22. The standard InChI is InChI=1S/C18H31NO/c1-4-5-6-8-13-17(15-18(20)19(2)3)14-16-11-9-7-10-12-16/h13-14H,4-12,15H2,1-3H3/b17-13+. The Kier molecular flexibility index (Phi) is 8.32. The van der Waals surface area contributed by atoms with Gasteiger partial charge in [0, 0.05) is 14.1 Å². The third-order valence-electron chi connectivity index (χ3n) is 3.95. The van der Waals surface area contributed by atoms with Crippen molar-refractivity contribution < 1.29 is 4.79 Å². The van der Waals surface area contributed by atoms with Gasteiger partial charge in [-0.2, -0.15) is 0 Å². The predicted molar refractivity (Wildman–Crippen MR) is 86.7 cm³/mol. The molecule has 0 N–H and O–H groups in total. The van der Waals surface area contributed by atoms with E-state index >= 15 is 0 Å². The minimum Gasteiger partial charge on any atom is -0.349 e. The molecule has 114 valence electrons. The van der Waals surface area contributed by atoms with Crippen molar-refractivity contribution in [3.8, 4) is 0 Å². The van der Waals surface area contributed by atoms with Crippen LogP contribution in [-0.4, -0.2) is 24.9 Å². The minimum absolute atomic E-state index is 0.208. The fourth-order valence-electron chi connectivity index (χ4n) is 2.61. The lowest BCUT2D eigenvalue weighted by Crippen LogP contribution is -2.21. The van der Waals surface area contributed by atoms with E-state index in [-0.39, 0.29) is 5.91 Å². The monoisotopic (exact) mass is 277 g/mol. The van der Waals surface area contributed by atoms with Crippen LogP contribution in [0, 0.1) is 0 Å². The number of hydrogen-bond donors (Lipinski definition) is 0. The highest BCUT2D eigenvalue weighted by Gasteiger charge is 2.09. The molecule has 1 fully saturated rings. The normalized spacial score (nSPS) is 16.1. The van der Waals surface area contributed by atoms with Gasteiger partial charge < -0.3 is 4.90 Å². The summed E-state index contributed by atoms with van der Waals surface area (Å²) in [5.74, 6) is 0.208. The van der Waals surface area contributed by atoms with Crippen LogP contribution in [0.3, 0.4) is 0 Å². The molecule has 0 radical (unpaired) electrons. The number of allylic oxidation sites excluding steroid dienone is 3. The Bertz CT molecular complexity index is 344. The van der Waals surface area contributed by atoms with Crippen molar-refractivity contribution in [1.29, 1.82) is 0 Å². The predicted octanol–water partition coefficient (Wildman–Crippen LogP) is 4.86. The number of rotatable bonds is 7. The lowest BCUT2D eigenvalue weighted by atomic mass is 9.92. The molecule has 1 amide bonds. The fraction of sp³-hybridized carbons (Fsp3) is 0.722. The van der Waals surface area contributed by atoms with E-state index in [0.29, 0.717) is 6.42 Å². The molecule has 2 heteroatoms. The maximum Gasteiger partial charge on any atom is 0.226 e. The summed E-state index contributed by atoms with van der Waals surface area (Å²) in [5.41, 5.74) is 2.78. The molecule has 20 heavy (non-hydrogen) atoms. The van der Waals surface area contributed by atoms with Gasteiger partial charge in [0.15, 0.2) is 0 Å². The van der Waals surface area contributed by atoms with Gasteiger partial charge in [-0.1, -0.05) is 43.9 Å². The van der Waals surface area contributed by atoms with Gasteiger partial charge in [0.05, 0.1) is 6.42 Å². The average Bonchev–Trinajstić information content (AvgIpc) is 2.44. The van der Waals surface area contributed by atoms with Gasteiger partial charge in [0.2, 0.25) is 5.91 Å². The van der Waals surface area contributed by atoms with Gasteiger partial charge in [-0.25, -0.2) is 0 Å². The van der Waals surface area contributed by atoms with E-state index in [0.717, 1.165) is 6.42 Å². The Morgan fingerprint density at radius 2 is 1.85 bits per heavy atom. The van der Waals surface area contributed by atoms with Crippen LogP contribution in [-0.2, 0) is 4.79 Å². The van der Waals surface area contributed by atoms with Crippen molar-refractivity contribution in [3.63, 3.8) is 0 Å². The van der Waals surface area contributed by atoms with Crippen LogP contribution < -0.4 is 0 Å². The zero-order valence-corrected chi connectivity index (χ0v) is 13.6. The van der Waals surface area contributed by atoms with E-state index in [4.69, 9.17) is 0 Å². The summed E-state index contributed by atoms with van der Waals surface area (Å²) in [6.45, 7) is 2.23. The Morgan fingerprint density at radius 1 is 1.15 bits per heavy atom. The lowest BCUT2D eigenvalue weighted by Gasteiger charge is -2.16. The molecule has 2 nitrogen and oxygen atoms in total. The number of carbonyl (C=O) groups excluding carboxylic acids is 1. The molecule has 0 aromatic rings. The lowest BCUT2D eigenvalue weighted by molar-refractivity contribution is -0.127. The van der Waals surface area contributed by atoms with Crippen LogP contribution in [0.5, 0.6) is 0 Å². The molecule has 0 unspecified atom stereocenters. The molecule has 1 rings (SSSR count). The van der Waals surface area contributed by atoms with E-state index in [2.05, 4.69) is 19.1 Å². The molecule has 0 heterocycles. The van der Waals surface area contributed by atoms with E-state index < -0.39 is 0 Å². The summed E-state index contributed by atoms with van der Waals surface area (Å²) in [7, 11) is 3.68. The van der Waals surface area contributed by atoms with Crippen LogP contribution in [0.25, 0.3) is 0 Å². The Morgan fingerprint density at radius 3 is 2.45 bits per heavy atom. The quantitative estimate of drug-likeness (QED) is 0.608. The molecule has 1 aliphatic carbocycles. The summed E-state index contributed by atoms with van der Waals surface area (Å²) in [6, 6.07) is 0. The first-order chi connectivity index (χ1) is 9.63. The molecule has 1 saturated carbocycles. The second-order valence-corrected chi connectivity index (χ2v) is 6.10. The second-order valence-electron chi connectivity index (χ2n) is 6.10. The maximum absolute atomic E-state index is 11.9. The SMILES string of the molecule is CCCCC/C=C(\C=C1CCCCC1)CC(=O)N(C)C. The number of hydrogen-bond acceptors (Lipinski definition) is 1. The molecule has 0 aromatic heterocycles. The zero-order chi connectivity index (χ0) is 14.8. The van der Waals surface area contributed by atoms with Gasteiger partial charge in [-0.15, -0.1) is 0 Å². The van der Waals surface area contributed by atoms with Gasteiger partial charge in [-0.3, -0.25) is 4.79 Å². The number of carbonyl (C=O) groups is 1. The number of unbranched alkanes of at least 4 members (excludes halogenated alkanes) is 3. The summed E-state index contributed by atoms with van der Waals surface area (Å²) in [4.78, 5) is 13.6. The Balaban J connectivity index is 2.64. The van der Waals surface area contributed by atoms with E-state index in [1.54, 1.807) is 10.5 Å². The van der Waals surface area contributed by atoms with E-state index in [1.807, 2.05) is 14.1 Å². The summed E-state index contributed by atoms with van der Waals surface area (Å²) < 4.78 is 0. The highest BCUT2D eigenvalue weighted by molar-refractivity contribution is 5.78. The molecule has 0 atom stereocenters. The first kappa shape index (κ1) is 17.0. The summed E-state index contributed by atoms with van der Waals surface area (Å²) in [6.07, 6.45) is 16.5. The minimum atomic E-state index is 0.208. The second kappa shape index (κ2) is 9.79. The van der Waals surface area contributed by atoms with Crippen LogP contribution in [0.1, 0.15) is 71.1 Å². The molecular weight excluding hydrogens is 246 g/mol. The topological polar surface area (TPSA) is 20.3 Å². The Labute approximate surface area is 124 Å². The third-order valence-corrected chi connectivity index (χ3v) is 3.95. The van der Waals surface area contributed by atoms with Crippen LogP contribution >= 0.6 is 0 Å². The molecule has 0 bridgehead atoms. The van der Waals surface area contributed by atoms with E-state index in [9.17, 15) is 4.79 Å². The smallest absolute Gasteiger partial charge is 0.226 e. The van der Waals surface area contributed by atoms with Gasteiger partial charge in [0.25, 0.3) is 0 Å². The fourth-order valence-corrected chi connectivity index (χ4v) is 2.61. The maximum atomic E-state index is 11.9. The van der Waals surface area contributed by atoms with E-state index in [1.165, 1.54) is 56.9 Å². The number of nitrogens with zero attached hydrogens (tertiary/aromatic N) is 1. The van der Waals surface area contributed by atoms with Crippen molar-refractivity contribution in [3.05, 3.63) is 23.3 Å². The first-order valence-electron chi connectivity index (χ1n) is 8.22. The van der Waals surface area contributed by atoms with Gasteiger partial charge in [-0.05, 0) is 44.1 Å². The average molecular weight is 277 g/mol. The summed E-state index contributed by atoms with van der Waals surface area (Å²) >= 11 is 0. The number of amides is 1. The Hall–Kier alpha value is -1.05. The highest BCUT2D eigenvalue weighted by atomic mass is 16.2. The zero-order valence-electron chi connectivity index (χ0n) is 13.6. The third kappa shape index (κ3) is 6.93. The molecule has 0 aliphatic heterocycles. The molecule has 0 saturated heterocycles. The summed E-state index contributed by atoms with van der Waals surface area (Å²) in [5, 5.41) is 0. The van der Waals surface area contributed by atoms with Crippen LogP contribution in [0.15, 0.2) is 23.3 Å². The highest BCUT2D eigenvalue weighted by Crippen LogP contribution is 2.25. The largest absolute Gasteiger partial charge is 0.349 e. The molecule has 0 aromatic carbocycles.